The van der Waals surface area contributed by atoms with E-state index in [0.717, 1.165) is 17.2 Å². The summed E-state index contributed by atoms with van der Waals surface area (Å²) in [5.74, 6) is 0. The van der Waals surface area contributed by atoms with Crippen molar-refractivity contribution in [2.75, 3.05) is 0 Å². The van der Waals surface area contributed by atoms with E-state index in [9.17, 15) is 0 Å². The molecular formula is C18H21N3S. The normalized spacial score (nSPS) is 15.9. The number of hydrogen-bond acceptors (Lipinski definition) is 3. The van der Waals surface area contributed by atoms with Crippen molar-refractivity contribution in [1.82, 2.24) is 14.9 Å². The summed E-state index contributed by atoms with van der Waals surface area (Å²) >= 11 is 1.77. The third kappa shape index (κ3) is 2.69. The molecule has 4 rings (SSSR count). The first kappa shape index (κ1) is 14.0. The summed E-state index contributed by atoms with van der Waals surface area (Å²) < 4.78 is 3.49. The minimum Gasteiger partial charge on any atom is -0.308 e. The zero-order valence-corrected chi connectivity index (χ0v) is 13.7. The number of fused-ring (bicyclic) bond motifs is 1. The van der Waals surface area contributed by atoms with Crippen molar-refractivity contribution in [2.45, 2.75) is 45.2 Å². The van der Waals surface area contributed by atoms with Crippen molar-refractivity contribution in [3.05, 3.63) is 47.8 Å². The highest BCUT2D eigenvalue weighted by Gasteiger charge is 2.15. The Labute approximate surface area is 135 Å². The van der Waals surface area contributed by atoms with Gasteiger partial charge in [-0.2, -0.15) is 0 Å². The molecular weight excluding hydrogens is 290 g/mol. The monoisotopic (exact) mass is 311 g/mol. The van der Waals surface area contributed by atoms with Gasteiger partial charge < -0.3 is 5.32 Å². The molecule has 22 heavy (non-hydrogen) atoms. The maximum Gasteiger partial charge on any atom is 0.194 e. The largest absolute Gasteiger partial charge is 0.308 e. The lowest BCUT2D eigenvalue weighted by Gasteiger charge is -2.12. The van der Waals surface area contributed by atoms with Gasteiger partial charge in [-0.1, -0.05) is 30.2 Å². The Morgan fingerprint density at radius 1 is 1.27 bits per heavy atom. The van der Waals surface area contributed by atoms with Crippen LogP contribution in [-0.2, 0) is 6.54 Å². The molecule has 0 aliphatic heterocycles. The molecule has 3 aromatic rings. The first-order valence-corrected chi connectivity index (χ1v) is 8.88. The molecule has 1 aromatic carbocycles. The summed E-state index contributed by atoms with van der Waals surface area (Å²) in [6.45, 7) is 3.05. The SMILES string of the molecule is Cc1ccc2nc(-n3cccc3CNC3CCCC3)sc2c1. The van der Waals surface area contributed by atoms with E-state index in [2.05, 4.69) is 53.3 Å². The molecule has 0 bridgehead atoms. The lowest BCUT2D eigenvalue weighted by atomic mass is 10.2. The molecule has 1 aliphatic carbocycles. The highest BCUT2D eigenvalue weighted by Crippen LogP contribution is 2.27. The average molecular weight is 311 g/mol. The van der Waals surface area contributed by atoms with Crippen LogP contribution in [0.5, 0.6) is 0 Å². The number of aryl methyl sites for hydroxylation is 1. The number of thiazole rings is 1. The minimum absolute atomic E-state index is 0.696. The van der Waals surface area contributed by atoms with Crippen LogP contribution in [0.3, 0.4) is 0 Å². The molecule has 2 heterocycles. The second-order valence-electron chi connectivity index (χ2n) is 6.20. The standard InChI is InChI=1S/C18H21N3S/c1-13-8-9-16-17(11-13)22-18(20-16)21-10-4-7-15(21)12-19-14-5-2-3-6-14/h4,7-11,14,19H,2-3,5-6,12H2,1H3. The van der Waals surface area contributed by atoms with Gasteiger partial charge >= 0.3 is 0 Å². The van der Waals surface area contributed by atoms with Crippen LogP contribution in [0.25, 0.3) is 15.3 Å². The van der Waals surface area contributed by atoms with Crippen LogP contribution >= 0.6 is 11.3 Å². The maximum atomic E-state index is 4.79. The molecule has 3 nitrogen and oxygen atoms in total. The minimum atomic E-state index is 0.696. The summed E-state index contributed by atoms with van der Waals surface area (Å²) in [4.78, 5) is 4.79. The quantitative estimate of drug-likeness (QED) is 0.772. The highest BCUT2D eigenvalue weighted by molar-refractivity contribution is 7.20. The van der Waals surface area contributed by atoms with Gasteiger partial charge in [-0.25, -0.2) is 4.98 Å². The van der Waals surface area contributed by atoms with Gasteiger partial charge in [0.25, 0.3) is 0 Å². The summed E-state index contributed by atoms with van der Waals surface area (Å²) in [5, 5.41) is 4.76. The Hall–Kier alpha value is -1.65. The third-order valence-electron chi connectivity index (χ3n) is 4.50. The van der Waals surface area contributed by atoms with Gasteiger partial charge in [0.2, 0.25) is 0 Å². The molecule has 0 amide bonds. The first-order valence-electron chi connectivity index (χ1n) is 8.07. The third-order valence-corrected chi connectivity index (χ3v) is 5.52. The fourth-order valence-corrected chi connectivity index (χ4v) is 4.33. The van der Waals surface area contributed by atoms with Crippen molar-refractivity contribution >= 4 is 21.6 Å². The Kier molecular flexibility index (Phi) is 3.72. The van der Waals surface area contributed by atoms with Crippen molar-refractivity contribution in [3.8, 4) is 5.13 Å². The number of nitrogens with one attached hydrogen (secondary N) is 1. The fraction of sp³-hybridized carbons (Fsp3) is 0.389. The number of aromatic nitrogens is 2. The zero-order valence-electron chi connectivity index (χ0n) is 12.9. The molecule has 1 saturated carbocycles. The lowest BCUT2D eigenvalue weighted by Crippen LogP contribution is -2.26. The van der Waals surface area contributed by atoms with Crippen LogP contribution in [0, 0.1) is 6.92 Å². The molecule has 1 fully saturated rings. The predicted molar refractivity (Wildman–Crippen MR) is 92.8 cm³/mol. The number of benzene rings is 1. The summed E-state index contributed by atoms with van der Waals surface area (Å²) in [6, 6.07) is 11.5. The smallest absolute Gasteiger partial charge is 0.194 e. The maximum absolute atomic E-state index is 4.79. The second-order valence-corrected chi connectivity index (χ2v) is 7.21. The van der Waals surface area contributed by atoms with Gasteiger partial charge in [-0.15, -0.1) is 0 Å². The second kappa shape index (κ2) is 5.86. The molecule has 0 radical (unpaired) electrons. The summed E-state index contributed by atoms with van der Waals surface area (Å²) in [5.41, 5.74) is 3.68. The van der Waals surface area contributed by atoms with Gasteiger partial charge in [0.05, 0.1) is 10.2 Å². The van der Waals surface area contributed by atoms with Crippen molar-refractivity contribution in [3.63, 3.8) is 0 Å². The van der Waals surface area contributed by atoms with Crippen LogP contribution in [0.15, 0.2) is 36.5 Å². The van der Waals surface area contributed by atoms with E-state index in [1.807, 2.05) is 0 Å². The molecule has 4 heteroatoms. The average Bonchev–Trinajstić information content (AvgIpc) is 3.24. The van der Waals surface area contributed by atoms with E-state index in [-0.39, 0.29) is 0 Å². The van der Waals surface area contributed by atoms with E-state index in [4.69, 9.17) is 4.98 Å². The fourth-order valence-electron chi connectivity index (χ4n) is 3.25. The van der Waals surface area contributed by atoms with Crippen LogP contribution < -0.4 is 5.32 Å². The highest BCUT2D eigenvalue weighted by atomic mass is 32.1. The Bertz CT molecular complexity index is 781. The number of nitrogens with zero attached hydrogens (tertiary/aromatic N) is 2. The molecule has 0 saturated heterocycles. The van der Waals surface area contributed by atoms with Crippen LogP contribution in [0.2, 0.25) is 0 Å². The van der Waals surface area contributed by atoms with Crippen LogP contribution in [0.4, 0.5) is 0 Å². The Morgan fingerprint density at radius 3 is 3.00 bits per heavy atom. The van der Waals surface area contributed by atoms with Gasteiger partial charge in [0, 0.05) is 24.5 Å². The molecule has 1 aliphatic rings. The molecule has 114 valence electrons. The summed E-state index contributed by atoms with van der Waals surface area (Å²) in [7, 11) is 0. The van der Waals surface area contributed by atoms with Crippen molar-refractivity contribution in [2.24, 2.45) is 0 Å². The van der Waals surface area contributed by atoms with E-state index in [1.54, 1.807) is 11.3 Å². The molecule has 1 N–H and O–H groups in total. The molecule has 2 aromatic heterocycles. The van der Waals surface area contributed by atoms with E-state index in [1.165, 1.54) is 41.6 Å². The van der Waals surface area contributed by atoms with Crippen LogP contribution in [0.1, 0.15) is 36.9 Å². The number of hydrogen-bond donors (Lipinski definition) is 1. The van der Waals surface area contributed by atoms with Crippen molar-refractivity contribution in [1.29, 1.82) is 0 Å². The molecule has 0 spiro atoms. The van der Waals surface area contributed by atoms with Gasteiger partial charge in [-0.3, -0.25) is 4.57 Å². The molecule has 0 atom stereocenters. The van der Waals surface area contributed by atoms with Gasteiger partial charge in [-0.05, 0) is 49.6 Å². The Morgan fingerprint density at radius 2 is 2.14 bits per heavy atom. The Balaban J connectivity index is 1.59. The van der Waals surface area contributed by atoms with Gasteiger partial charge in [0.1, 0.15) is 0 Å². The predicted octanol–water partition coefficient (Wildman–Crippen LogP) is 4.43. The molecule has 0 unspecified atom stereocenters. The van der Waals surface area contributed by atoms with E-state index >= 15 is 0 Å². The van der Waals surface area contributed by atoms with E-state index in [0.29, 0.717) is 6.04 Å². The van der Waals surface area contributed by atoms with Crippen molar-refractivity contribution < 1.29 is 0 Å². The topological polar surface area (TPSA) is 29.9 Å². The van der Waals surface area contributed by atoms with Gasteiger partial charge in [0.15, 0.2) is 5.13 Å². The first-order chi connectivity index (χ1) is 10.8. The van der Waals surface area contributed by atoms with Crippen LogP contribution in [-0.4, -0.2) is 15.6 Å². The number of rotatable bonds is 4. The lowest BCUT2D eigenvalue weighted by molar-refractivity contribution is 0.516. The van der Waals surface area contributed by atoms with E-state index < -0.39 is 0 Å². The summed E-state index contributed by atoms with van der Waals surface area (Å²) in [6.07, 6.45) is 7.50. The zero-order chi connectivity index (χ0) is 14.9.